The summed E-state index contributed by atoms with van der Waals surface area (Å²) in [4.78, 5) is 10.7. The average Bonchev–Trinajstić information content (AvgIpc) is 2.56. The van der Waals surface area contributed by atoms with E-state index in [1.54, 1.807) is 0 Å². The van der Waals surface area contributed by atoms with Crippen molar-refractivity contribution in [3.05, 3.63) is 23.5 Å². The molecule has 1 N–H and O–H groups in total. The summed E-state index contributed by atoms with van der Waals surface area (Å²) in [6.07, 6.45) is -4.53. The summed E-state index contributed by atoms with van der Waals surface area (Å²) in [7, 11) is 0. The van der Waals surface area contributed by atoms with Gasteiger partial charge < -0.3 is 5.11 Å². The van der Waals surface area contributed by atoms with Crippen LogP contribution >= 0.6 is 0 Å². The molecule has 0 saturated heterocycles. The molecule has 1 aromatic heterocycles. The van der Waals surface area contributed by atoms with E-state index in [0.29, 0.717) is 4.68 Å². The predicted octanol–water partition coefficient (Wildman–Crippen LogP) is 1.83. The van der Waals surface area contributed by atoms with E-state index in [9.17, 15) is 22.4 Å². The number of carboxylic acids is 1. The number of carbonyl (C=O) groups is 1. The number of alkyl halides is 3. The highest BCUT2D eigenvalue weighted by Gasteiger charge is 2.30. The summed E-state index contributed by atoms with van der Waals surface area (Å²) < 4.78 is 50.3. The van der Waals surface area contributed by atoms with Crippen molar-refractivity contribution in [2.75, 3.05) is 0 Å². The van der Waals surface area contributed by atoms with Crippen LogP contribution in [0.4, 0.5) is 17.6 Å². The molecule has 0 aliphatic rings. The summed E-state index contributed by atoms with van der Waals surface area (Å²) >= 11 is 0. The molecule has 0 aliphatic carbocycles. The summed E-state index contributed by atoms with van der Waals surface area (Å²) in [6.45, 7) is -1.42. The van der Waals surface area contributed by atoms with Crippen LogP contribution in [-0.2, 0) is 6.54 Å². The topological polar surface area (TPSA) is 68.0 Å². The molecule has 0 fully saturated rings. The average molecular weight is 263 g/mol. The van der Waals surface area contributed by atoms with Crippen LogP contribution in [0, 0.1) is 5.82 Å². The molecule has 0 bridgehead atoms. The summed E-state index contributed by atoms with van der Waals surface area (Å²) in [5, 5.41) is 15.2. The summed E-state index contributed by atoms with van der Waals surface area (Å²) in [5.74, 6) is -2.65. The zero-order chi connectivity index (χ0) is 13.5. The summed E-state index contributed by atoms with van der Waals surface area (Å²) in [6, 6.07) is 1.51. The smallest absolute Gasteiger partial charge is 0.408 e. The van der Waals surface area contributed by atoms with Gasteiger partial charge in [-0.1, -0.05) is 5.21 Å². The molecule has 0 saturated carbocycles. The lowest BCUT2D eigenvalue weighted by Crippen LogP contribution is -2.18. The standard InChI is InChI=1S/C9H5F4N3O2/c10-5-2-6-7(1-4(5)8(17)18)16(15-14-6)3-9(11,12)13/h1-2H,3H2,(H,17,18). The Kier molecular flexibility index (Phi) is 2.68. The molecule has 2 aromatic rings. The number of hydrogen-bond donors (Lipinski definition) is 1. The third-order valence-corrected chi connectivity index (χ3v) is 2.16. The third-order valence-electron chi connectivity index (χ3n) is 2.16. The molecule has 0 amide bonds. The number of rotatable bonds is 2. The van der Waals surface area contributed by atoms with Crippen LogP contribution < -0.4 is 0 Å². The van der Waals surface area contributed by atoms with Crippen LogP contribution in [0.15, 0.2) is 12.1 Å². The van der Waals surface area contributed by atoms with Gasteiger partial charge in [-0.2, -0.15) is 13.2 Å². The molecule has 96 valence electrons. The second-order valence-electron chi connectivity index (χ2n) is 3.49. The van der Waals surface area contributed by atoms with Crippen LogP contribution in [0.25, 0.3) is 11.0 Å². The van der Waals surface area contributed by atoms with Gasteiger partial charge >= 0.3 is 12.1 Å². The van der Waals surface area contributed by atoms with Gasteiger partial charge in [-0.25, -0.2) is 13.9 Å². The van der Waals surface area contributed by atoms with E-state index in [1.165, 1.54) is 0 Å². The molecule has 1 aromatic carbocycles. The molecule has 2 rings (SSSR count). The largest absolute Gasteiger partial charge is 0.478 e. The molecule has 5 nitrogen and oxygen atoms in total. The Balaban J connectivity index is 2.58. The fourth-order valence-corrected chi connectivity index (χ4v) is 1.44. The SMILES string of the molecule is O=C(O)c1cc2c(cc1F)nnn2CC(F)(F)F. The lowest BCUT2D eigenvalue weighted by atomic mass is 10.2. The molecule has 0 atom stereocenters. The van der Waals surface area contributed by atoms with Crippen molar-refractivity contribution < 1.29 is 27.5 Å². The molecule has 1 heterocycles. The van der Waals surface area contributed by atoms with E-state index in [2.05, 4.69) is 10.3 Å². The predicted molar refractivity (Wildman–Crippen MR) is 50.5 cm³/mol. The van der Waals surface area contributed by atoms with E-state index in [4.69, 9.17) is 5.11 Å². The van der Waals surface area contributed by atoms with E-state index < -0.39 is 30.1 Å². The second kappa shape index (κ2) is 3.93. The lowest BCUT2D eigenvalue weighted by Gasteiger charge is -2.06. The normalized spacial score (nSPS) is 12.0. The van der Waals surface area contributed by atoms with Gasteiger partial charge in [0.1, 0.15) is 17.9 Å². The molecule has 0 spiro atoms. The quantitative estimate of drug-likeness (QED) is 0.839. The molecule has 0 unspecified atom stereocenters. The van der Waals surface area contributed by atoms with Crippen LogP contribution in [0.2, 0.25) is 0 Å². The molecular formula is C9H5F4N3O2. The van der Waals surface area contributed by atoms with Gasteiger partial charge in [0, 0.05) is 6.07 Å². The highest BCUT2D eigenvalue weighted by Crippen LogP contribution is 2.22. The molecule has 0 radical (unpaired) electrons. The van der Waals surface area contributed by atoms with Gasteiger partial charge in [0.25, 0.3) is 0 Å². The number of fused-ring (bicyclic) bond motifs is 1. The van der Waals surface area contributed by atoms with E-state index >= 15 is 0 Å². The first-order valence-corrected chi connectivity index (χ1v) is 4.61. The van der Waals surface area contributed by atoms with E-state index in [-0.39, 0.29) is 11.0 Å². The number of benzene rings is 1. The first-order valence-electron chi connectivity index (χ1n) is 4.61. The Labute approximate surface area is 96.6 Å². The van der Waals surface area contributed by atoms with E-state index in [1.807, 2.05) is 0 Å². The minimum Gasteiger partial charge on any atom is -0.478 e. The van der Waals surface area contributed by atoms with Crippen LogP contribution in [0.3, 0.4) is 0 Å². The van der Waals surface area contributed by atoms with Crippen molar-refractivity contribution in [2.45, 2.75) is 12.7 Å². The minimum absolute atomic E-state index is 0.137. The van der Waals surface area contributed by atoms with Crippen molar-refractivity contribution in [2.24, 2.45) is 0 Å². The Morgan fingerprint density at radius 3 is 2.61 bits per heavy atom. The number of aromatic nitrogens is 3. The fourth-order valence-electron chi connectivity index (χ4n) is 1.44. The van der Waals surface area contributed by atoms with Crippen molar-refractivity contribution in [1.82, 2.24) is 15.0 Å². The maximum absolute atomic E-state index is 13.2. The fraction of sp³-hybridized carbons (Fsp3) is 0.222. The third kappa shape index (κ3) is 2.24. The zero-order valence-corrected chi connectivity index (χ0v) is 8.57. The highest BCUT2D eigenvalue weighted by molar-refractivity contribution is 5.92. The Morgan fingerprint density at radius 2 is 2.06 bits per heavy atom. The van der Waals surface area contributed by atoms with Gasteiger partial charge in [-0.15, -0.1) is 5.10 Å². The number of carboxylic acid groups (broad SMARTS) is 1. The summed E-state index contributed by atoms with van der Waals surface area (Å²) in [5.41, 5.74) is -1.05. The number of halogens is 4. The van der Waals surface area contributed by atoms with Crippen LogP contribution in [0.1, 0.15) is 10.4 Å². The van der Waals surface area contributed by atoms with Crippen molar-refractivity contribution >= 4 is 17.0 Å². The van der Waals surface area contributed by atoms with Crippen LogP contribution in [0.5, 0.6) is 0 Å². The van der Waals surface area contributed by atoms with Crippen molar-refractivity contribution in [3.8, 4) is 0 Å². The monoisotopic (exact) mass is 263 g/mol. The minimum atomic E-state index is -4.53. The van der Waals surface area contributed by atoms with Crippen molar-refractivity contribution in [3.63, 3.8) is 0 Å². The molecular weight excluding hydrogens is 258 g/mol. The number of hydrogen-bond acceptors (Lipinski definition) is 3. The lowest BCUT2D eigenvalue weighted by molar-refractivity contribution is -0.142. The maximum Gasteiger partial charge on any atom is 0.408 e. The van der Waals surface area contributed by atoms with Gasteiger partial charge in [-0.05, 0) is 6.07 Å². The van der Waals surface area contributed by atoms with E-state index in [0.717, 1.165) is 12.1 Å². The first-order chi connectivity index (χ1) is 8.28. The molecule has 9 heteroatoms. The second-order valence-corrected chi connectivity index (χ2v) is 3.49. The van der Waals surface area contributed by atoms with Gasteiger partial charge in [-0.3, -0.25) is 0 Å². The Hall–Kier alpha value is -2.19. The molecule has 18 heavy (non-hydrogen) atoms. The van der Waals surface area contributed by atoms with Crippen molar-refractivity contribution in [1.29, 1.82) is 0 Å². The van der Waals surface area contributed by atoms with Crippen LogP contribution in [-0.4, -0.2) is 32.2 Å². The Bertz CT molecular complexity index is 620. The number of aromatic carboxylic acids is 1. The number of nitrogens with zero attached hydrogens (tertiary/aromatic N) is 3. The maximum atomic E-state index is 13.2. The molecule has 0 aliphatic heterocycles. The highest BCUT2D eigenvalue weighted by atomic mass is 19.4. The van der Waals surface area contributed by atoms with Gasteiger partial charge in [0.15, 0.2) is 0 Å². The zero-order valence-electron chi connectivity index (χ0n) is 8.57. The first kappa shape index (κ1) is 12.3. The van der Waals surface area contributed by atoms with Gasteiger partial charge in [0.05, 0.1) is 11.1 Å². The Morgan fingerprint density at radius 1 is 1.39 bits per heavy atom. The van der Waals surface area contributed by atoms with Gasteiger partial charge in [0.2, 0.25) is 0 Å².